The highest BCUT2D eigenvalue weighted by molar-refractivity contribution is 7.99. The minimum Gasteiger partial charge on any atom is -0.508 e. The Bertz CT molecular complexity index is 785. The predicted molar refractivity (Wildman–Crippen MR) is 143 cm³/mol. The lowest BCUT2D eigenvalue weighted by Crippen LogP contribution is -2.05. The summed E-state index contributed by atoms with van der Waals surface area (Å²) in [6, 6.07) is 11.1. The fourth-order valence-corrected chi connectivity index (χ4v) is 4.37. The van der Waals surface area contributed by atoms with Gasteiger partial charge in [-0.05, 0) is 74.2 Å². The number of carbonyl (C=O) groups excluding carboxylic acids is 1. The third-order valence-electron chi connectivity index (χ3n) is 5.57. The number of esters is 1. The number of carbonyl (C=O) groups is 1. The number of benzene rings is 2. The summed E-state index contributed by atoms with van der Waals surface area (Å²) in [7, 11) is 0. The van der Waals surface area contributed by atoms with Crippen LogP contribution in [0, 0.1) is 13.8 Å². The molecule has 0 aliphatic carbocycles. The molecule has 2 aromatic rings. The highest BCUT2D eigenvalue weighted by Gasteiger charge is 2.03. The molecule has 0 unspecified atom stereocenters. The van der Waals surface area contributed by atoms with Gasteiger partial charge >= 0.3 is 5.97 Å². The van der Waals surface area contributed by atoms with Crippen molar-refractivity contribution in [1.29, 1.82) is 0 Å². The van der Waals surface area contributed by atoms with E-state index in [0.29, 0.717) is 24.5 Å². The van der Waals surface area contributed by atoms with E-state index < -0.39 is 0 Å². The van der Waals surface area contributed by atoms with Crippen molar-refractivity contribution in [3.05, 3.63) is 47.5 Å². The standard InChI is InChI=1S/C15H30O2.C14H14O2S/c1-3-5-7-9-11-13-15(16)17-14-12-10-8-6-4-2;1-9-7-11(3-5-13(9)15)17-12-4-6-14(16)10(2)8-12/h3-14H2,1-2H3;3-8,15-16H,1-2H3. The fraction of sp³-hybridized carbons (Fsp3) is 0.552. The number of phenols is 2. The molecule has 0 fully saturated rings. The molecule has 2 aromatic carbocycles. The van der Waals surface area contributed by atoms with E-state index in [-0.39, 0.29) is 5.97 Å². The van der Waals surface area contributed by atoms with Gasteiger partial charge in [-0.2, -0.15) is 0 Å². The Balaban J connectivity index is 0.000000340. The van der Waals surface area contributed by atoms with Crippen molar-refractivity contribution in [2.75, 3.05) is 6.61 Å². The second kappa shape index (κ2) is 18.2. The molecule has 4 nitrogen and oxygen atoms in total. The van der Waals surface area contributed by atoms with Crippen molar-refractivity contribution >= 4 is 17.7 Å². The van der Waals surface area contributed by atoms with Gasteiger partial charge in [0, 0.05) is 16.2 Å². The summed E-state index contributed by atoms with van der Waals surface area (Å²) in [6.45, 7) is 8.78. The van der Waals surface area contributed by atoms with Crippen molar-refractivity contribution in [3.8, 4) is 11.5 Å². The van der Waals surface area contributed by atoms with E-state index in [1.165, 1.54) is 51.4 Å². The third-order valence-corrected chi connectivity index (χ3v) is 6.55. The van der Waals surface area contributed by atoms with Gasteiger partial charge in [0.1, 0.15) is 11.5 Å². The van der Waals surface area contributed by atoms with Crippen LogP contribution in [0.2, 0.25) is 0 Å². The SMILES string of the molecule is CCCCCCCOC(=O)CCCCCCC.Cc1cc(Sc2ccc(O)c(C)c2)ccc1O. The van der Waals surface area contributed by atoms with Gasteiger partial charge in [-0.25, -0.2) is 0 Å². The molecule has 0 saturated heterocycles. The zero-order valence-corrected chi connectivity index (χ0v) is 22.4. The summed E-state index contributed by atoms with van der Waals surface area (Å²) in [6.07, 6.45) is 12.6. The third kappa shape index (κ3) is 13.5. The van der Waals surface area contributed by atoms with Gasteiger partial charge in [0.15, 0.2) is 0 Å². The zero-order valence-electron chi connectivity index (χ0n) is 21.6. The Labute approximate surface area is 211 Å². The number of hydrogen-bond donors (Lipinski definition) is 2. The van der Waals surface area contributed by atoms with Crippen LogP contribution in [0.25, 0.3) is 0 Å². The maximum Gasteiger partial charge on any atom is 0.305 e. The Morgan fingerprint density at radius 2 is 1.21 bits per heavy atom. The quantitative estimate of drug-likeness (QED) is 0.205. The van der Waals surface area contributed by atoms with E-state index in [0.717, 1.165) is 33.8 Å². The van der Waals surface area contributed by atoms with Gasteiger partial charge in [-0.3, -0.25) is 4.79 Å². The number of hydrogen-bond acceptors (Lipinski definition) is 5. The van der Waals surface area contributed by atoms with Crippen LogP contribution in [0.4, 0.5) is 0 Å². The first-order chi connectivity index (χ1) is 16.4. The van der Waals surface area contributed by atoms with Crippen LogP contribution < -0.4 is 0 Å². The molecule has 0 amide bonds. The van der Waals surface area contributed by atoms with Crippen LogP contribution in [0.15, 0.2) is 46.2 Å². The maximum atomic E-state index is 11.3. The normalized spacial score (nSPS) is 10.5. The fourth-order valence-electron chi connectivity index (χ4n) is 3.36. The van der Waals surface area contributed by atoms with Crippen molar-refractivity contribution in [2.24, 2.45) is 0 Å². The molecule has 34 heavy (non-hydrogen) atoms. The molecule has 0 saturated carbocycles. The lowest BCUT2D eigenvalue weighted by atomic mass is 10.1. The molecular weight excluding hydrogens is 444 g/mol. The second-order valence-corrected chi connectivity index (χ2v) is 9.94. The van der Waals surface area contributed by atoms with Crippen LogP contribution in [-0.2, 0) is 9.53 Å². The molecule has 0 spiro atoms. The molecular formula is C29H44O4S. The predicted octanol–water partition coefficient (Wildman–Crippen LogP) is 8.73. The van der Waals surface area contributed by atoms with Gasteiger partial charge in [0.2, 0.25) is 0 Å². The van der Waals surface area contributed by atoms with Gasteiger partial charge in [-0.1, -0.05) is 77.0 Å². The number of aryl methyl sites for hydroxylation is 2. The summed E-state index contributed by atoms with van der Waals surface area (Å²) in [5.74, 6) is 0.629. The molecule has 0 aliphatic rings. The first-order valence-electron chi connectivity index (χ1n) is 12.8. The molecule has 190 valence electrons. The molecule has 2 N–H and O–H groups in total. The van der Waals surface area contributed by atoms with Gasteiger partial charge in [0.05, 0.1) is 6.61 Å². The average Bonchev–Trinajstić information content (AvgIpc) is 2.81. The summed E-state index contributed by atoms with van der Waals surface area (Å²) >= 11 is 1.61. The average molecular weight is 489 g/mol. The largest absolute Gasteiger partial charge is 0.508 e. The monoisotopic (exact) mass is 488 g/mol. The van der Waals surface area contributed by atoms with Gasteiger partial charge < -0.3 is 14.9 Å². The Morgan fingerprint density at radius 3 is 1.68 bits per heavy atom. The maximum absolute atomic E-state index is 11.3. The van der Waals surface area contributed by atoms with Gasteiger partial charge in [0.25, 0.3) is 0 Å². The van der Waals surface area contributed by atoms with E-state index in [2.05, 4.69) is 13.8 Å². The first-order valence-corrected chi connectivity index (χ1v) is 13.6. The first kappa shape index (κ1) is 29.9. The van der Waals surface area contributed by atoms with E-state index in [1.54, 1.807) is 23.9 Å². The van der Waals surface area contributed by atoms with E-state index >= 15 is 0 Å². The minimum atomic E-state index is -0.00279. The molecule has 0 atom stereocenters. The highest BCUT2D eigenvalue weighted by Crippen LogP contribution is 2.32. The van der Waals surface area contributed by atoms with Crippen molar-refractivity contribution < 1.29 is 19.7 Å². The Hall–Kier alpha value is -2.14. The van der Waals surface area contributed by atoms with E-state index in [9.17, 15) is 15.0 Å². The van der Waals surface area contributed by atoms with Crippen LogP contribution in [0.1, 0.15) is 95.6 Å². The van der Waals surface area contributed by atoms with Gasteiger partial charge in [-0.15, -0.1) is 0 Å². The topological polar surface area (TPSA) is 66.8 Å². The number of unbranched alkanes of at least 4 members (excludes halogenated alkanes) is 8. The molecule has 0 bridgehead atoms. The molecule has 0 radical (unpaired) electrons. The van der Waals surface area contributed by atoms with Crippen molar-refractivity contribution in [1.82, 2.24) is 0 Å². The Kier molecular flexibility index (Phi) is 16.0. The summed E-state index contributed by atoms with van der Waals surface area (Å²) in [5, 5.41) is 18.9. The molecule has 0 aromatic heterocycles. The van der Waals surface area contributed by atoms with Crippen LogP contribution in [0.5, 0.6) is 11.5 Å². The molecule has 5 heteroatoms. The van der Waals surface area contributed by atoms with E-state index in [1.807, 2.05) is 38.1 Å². The number of rotatable bonds is 14. The Morgan fingerprint density at radius 1 is 0.735 bits per heavy atom. The number of phenolic OH excluding ortho intramolecular Hbond substituents is 2. The molecule has 0 aliphatic heterocycles. The second-order valence-electron chi connectivity index (χ2n) is 8.80. The summed E-state index contributed by atoms with van der Waals surface area (Å²) < 4.78 is 5.19. The molecule has 0 heterocycles. The van der Waals surface area contributed by atoms with E-state index in [4.69, 9.17) is 4.74 Å². The minimum absolute atomic E-state index is 0.00279. The van der Waals surface area contributed by atoms with Crippen molar-refractivity contribution in [3.63, 3.8) is 0 Å². The lowest BCUT2D eigenvalue weighted by Gasteiger charge is -2.06. The molecule has 2 rings (SSSR count). The number of aromatic hydroxyl groups is 2. The zero-order chi connectivity index (χ0) is 25.2. The number of ether oxygens (including phenoxy) is 1. The van der Waals surface area contributed by atoms with Crippen LogP contribution in [0.3, 0.4) is 0 Å². The summed E-state index contributed by atoms with van der Waals surface area (Å²) in [4.78, 5) is 13.5. The smallest absolute Gasteiger partial charge is 0.305 e. The highest BCUT2D eigenvalue weighted by atomic mass is 32.2. The van der Waals surface area contributed by atoms with Crippen LogP contribution in [-0.4, -0.2) is 22.8 Å². The van der Waals surface area contributed by atoms with Crippen molar-refractivity contribution in [2.45, 2.75) is 108 Å². The summed E-state index contributed by atoms with van der Waals surface area (Å²) in [5.41, 5.74) is 1.73. The van der Waals surface area contributed by atoms with Crippen LogP contribution >= 0.6 is 11.8 Å². The lowest BCUT2D eigenvalue weighted by molar-refractivity contribution is -0.143.